The summed E-state index contributed by atoms with van der Waals surface area (Å²) in [5.41, 5.74) is 0.407. The molecule has 0 saturated carbocycles. The number of carboxylic acid groups (broad SMARTS) is 1. The minimum atomic E-state index is -3.02. The van der Waals surface area contributed by atoms with Crippen molar-refractivity contribution in [2.75, 3.05) is 11.5 Å². The summed E-state index contributed by atoms with van der Waals surface area (Å²) >= 11 is 1.25. The van der Waals surface area contributed by atoms with Gasteiger partial charge in [-0.1, -0.05) is 0 Å². The average molecular weight is 315 g/mol. The van der Waals surface area contributed by atoms with Gasteiger partial charge in [0, 0.05) is 22.4 Å². The third kappa shape index (κ3) is 3.91. The number of hydrogen-bond acceptors (Lipinski definition) is 5. The van der Waals surface area contributed by atoms with Crippen molar-refractivity contribution in [1.82, 2.24) is 5.32 Å². The number of carboxylic acids is 1. The van der Waals surface area contributed by atoms with Crippen LogP contribution in [0, 0.1) is 0 Å². The first-order valence-corrected chi connectivity index (χ1v) is 8.57. The quantitative estimate of drug-likeness (QED) is 0.799. The standard InChI is InChI=1S/C12H13NO5S2/c14-11(15)2-1-10-5-8(6-19-10)12(16)13-9-3-4-20(17,18)7-9/h1-2,5-6,9H,3-4,7H2,(H,13,16)(H,14,15). The van der Waals surface area contributed by atoms with Crippen LogP contribution >= 0.6 is 11.3 Å². The normalized spacial score (nSPS) is 21.1. The van der Waals surface area contributed by atoms with Crippen LogP contribution in [0.2, 0.25) is 0 Å². The van der Waals surface area contributed by atoms with Gasteiger partial charge in [0.25, 0.3) is 5.91 Å². The maximum atomic E-state index is 11.9. The number of aliphatic carboxylic acids is 1. The number of thiophene rings is 1. The Bertz CT molecular complexity index is 659. The van der Waals surface area contributed by atoms with Crippen molar-refractivity contribution >= 4 is 39.1 Å². The summed E-state index contributed by atoms with van der Waals surface area (Å²) in [5.74, 6) is -1.30. The Labute approximate surface area is 120 Å². The van der Waals surface area contributed by atoms with Crippen molar-refractivity contribution < 1.29 is 23.1 Å². The van der Waals surface area contributed by atoms with Gasteiger partial charge in [-0.05, 0) is 18.6 Å². The molecule has 0 radical (unpaired) electrons. The molecule has 1 aromatic heterocycles. The maximum Gasteiger partial charge on any atom is 0.328 e. The molecule has 0 bridgehead atoms. The molecule has 20 heavy (non-hydrogen) atoms. The molecule has 1 aliphatic rings. The molecule has 0 spiro atoms. The van der Waals surface area contributed by atoms with Crippen LogP contribution in [0.4, 0.5) is 0 Å². The van der Waals surface area contributed by atoms with Gasteiger partial charge in [0.05, 0.1) is 17.1 Å². The molecule has 1 atom stereocenters. The number of hydrogen-bond donors (Lipinski definition) is 2. The fourth-order valence-corrected chi connectivity index (χ4v) is 4.34. The monoisotopic (exact) mass is 315 g/mol. The molecule has 1 aliphatic heterocycles. The van der Waals surface area contributed by atoms with E-state index < -0.39 is 15.8 Å². The van der Waals surface area contributed by atoms with Gasteiger partial charge in [0.1, 0.15) is 0 Å². The van der Waals surface area contributed by atoms with Crippen LogP contribution < -0.4 is 5.32 Å². The topological polar surface area (TPSA) is 101 Å². The first-order chi connectivity index (χ1) is 9.35. The summed E-state index contributed by atoms with van der Waals surface area (Å²) in [6.45, 7) is 0. The predicted octanol–water partition coefficient (Wildman–Crippen LogP) is 0.763. The lowest BCUT2D eigenvalue weighted by molar-refractivity contribution is -0.131. The first kappa shape index (κ1) is 14.7. The molecule has 1 amide bonds. The van der Waals surface area contributed by atoms with Gasteiger partial charge in [-0.25, -0.2) is 13.2 Å². The van der Waals surface area contributed by atoms with Crippen LogP contribution in [-0.4, -0.2) is 42.9 Å². The molecule has 1 fully saturated rings. The van der Waals surface area contributed by atoms with Gasteiger partial charge < -0.3 is 10.4 Å². The molecule has 2 rings (SSSR count). The molecule has 0 aliphatic carbocycles. The van der Waals surface area contributed by atoms with E-state index in [-0.39, 0.29) is 23.5 Å². The zero-order valence-electron chi connectivity index (χ0n) is 10.4. The second-order valence-electron chi connectivity index (χ2n) is 4.48. The molecule has 8 heteroatoms. The van der Waals surface area contributed by atoms with Gasteiger partial charge in [-0.3, -0.25) is 4.79 Å². The number of rotatable bonds is 4. The predicted molar refractivity (Wildman–Crippen MR) is 75.5 cm³/mol. The van der Waals surface area contributed by atoms with E-state index in [1.165, 1.54) is 17.4 Å². The Hall–Kier alpha value is -1.67. The first-order valence-electron chi connectivity index (χ1n) is 5.86. The summed E-state index contributed by atoms with van der Waals surface area (Å²) in [4.78, 5) is 23.0. The number of sulfone groups is 1. The fourth-order valence-electron chi connectivity index (χ4n) is 1.89. The number of nitrogens with one attached hydrogen (secondary N) is 1. The lowest BCUT2D eigenvalue weighted by Gasteiger charge is -2.09. The lowest BCUT2D eigenvalue weighted by Crippen LogP contribution is -2.35. The summed E-state index contributed by atoms with van der Waals surface area (Å²) in [5, 5.41) is 12.8. The van der Waals surface area contributed by atoms with Crippen molar-refractivity contribution in [3.8, 4) is 0 Å². The Morgan fingerprint density at radius 2 is 2.20 bits per heavy atom. The Morgan fingerprint density at radius 1 is 1.45 bits per heavy atom. The summed E-state index contributed by atoms with van der Waals surface area (Å²) in [6.07, 6.45) is 2.84. The minimum absolute atomic E-state index is 0.0192. The van der Waals surface area contributed by atoms with Crippen LogP contribution in [0.3, 0.4) is 0 Å². The number of amides is 1. The van der Waals surface area contributed by atoms with Crippen LogP contribution in [0.1, 0.15) is 21.7 Å². The molecule has 1 saturated heterocycles. The van der Waals surface area contributed by atoms with E-state index in [1.54, 1.807) is 11.4 Å². The van der Waals surface area contributed by atoms with E-state index in [9.17, 15) is 18.0 Å². The molecule has 6 nitrogen and oxygen atoms in total. The van der Waals surface area contributed by atoms with Crippen LogP contribution in [-0.2, 0) is 14.6 Å². The van der Waals surface area contributed by atoms with Crippen molar-refractivity contribution in [3.05, 3.63) is 28.0 Å². The molecule has 2 N–H and O–H groups in total. The average Bonchev–Trinajstić information content (AvgIpc) is 2.93. The van der Waals surface area contributed by atoms with E-state index in [4.69, 9.17) is 5.11 Å². The molecule has 2 heterocycles. The van der Waals surface area contributed by atoms with Crippen LogP contribution in [0.15, 0.2) is 17.5 Å². The van der Waals surface area contributed by atoms with Gasteiger partial charge >= 0.3 is 5.97 Å². The highest BCUT2D eigenvalue weighted by Gasteiger charge is 2.29. The Kier molecular flexibility index (Phi) is 4.24. The van der Waals surface area contributed by atoms with E-state index in [0.717, 1.165) is 6.08 Å². The van der Waals surface area contributed by atoms with Gasteiger partial charge in [-0.15, -0.1) is 11.3 Å². The second-order valence-corrected chi connectivity index (χ2v) is 7.65. The fraction of sp³-hybridized carbons (Fsp3) is 0.333. The summed E-state index contributed by atoms with van der Waals surface area (Å²) in [6, 6.07) is 1.23. The third-order valence-electron chi connectivity index (χ3n) is 2.84. The lowest BCUT2D eigenvalue weighted by atomic mass is 10.2. The highest BCUT2D eigenvalue weighted by atomic mass is 32.2. The molecular formula is C12H13NO5S2. The Balaban J connectivity index is 1.98. The van der Waals surface area contributed by atoms with Gasteiger partial charge in [0.2, 0.25) is 0 Å². The smallest absolute Gasteiger partial charge is 0.328 e. The van der Waals surface area contributed by atoms with E-state index in [0.29, 0.717) is 16.9 Å². The van der Waals surface area contributed by atoms with Crippen molar-refractivity contribution in [3.63, 3.8) is 0 Å². The van der Waals surface area contributed by atoms with E-state index >= 15 is 0 Å². The maximum absolute atomic E-state index is 11.9. The highest BCUT2D eigenvalue weighted by Crippen LogP contribution is 2.17. The SMILES string of the molecule is O=C(O)C=Cc1cc(C(=O)NC2CCS(=O)(=O)C2)cs1. The zero-order chi connectivity index (χ0) is 14.8. The molecular weight excluding hydrogens is 302 g/mol. The largest absolute Gasteiger partial charge is 0.478 e. The molecule has 1 unspecified atom stereocenters. The number of carbonyl (C=O) groups excluding carboxylic acids is 1. The molecule has 1 aromatic rings. The highest BCUT2D eigenvalue weighted by molar-refractivity contribution is 7.91. The Morgan fingerprint density at radius 3 is 2.80 bits per heavy atom. The second kappa shape index (κ2) is 5.76. The van der Waals surface area contributed by atoms with Crippen LogP contribution in [0.25, 0.3) is 6.08 Å². The third-order valence-corrected chi connectivity index (χ3v) is 5.51. The van der Waals surface area contributed by atoms with Crippen LogP contribution in [0.5, 0.6) is 0 Å². The van der Waals surface area contributed by atoms with E-state index in [2.05, 4.69) is 5.32 Å². The van der Waals surface area contributed by atoms with Gasteiger partial charge in [-0.2, -0.15) is 0 Å². The molecule has 108 valence electrons. The zero-order valence-corrected chi connectivity index (χ0v) is 12.0. The minimum Gasteiger partial charge on any atom is -0.478 e. The summed E-state index contributed by atoms with van der Waals surface area (Å²) in [7, 11) is -3.02. The van der Waals surface area contributed by atoms with Crippen molar-refractivity contribution in [2.45, 2.75) is 12.5 Å². The molecule has 0 aromatic carbocycles. The van der Waals surface area contributed by atoms with Gasteiger partial charge in [0.15, 0.2) is 9.84 Å². The summed E-state index contributed by atoms with van der Waals surface area (Å²) < 4.78 is 22.6. The van der Waals surface area contributed by atoms with Crippen molar-refractivity contribution in [2.24, 2.45) is 0 Å². The number of carbonyl (C=O) groups is 2. The van der Waals surface area contributed by atoms with Crippen molar-refractivity contribution in [1.29, 1.82) is 0 Å². The van der Waals surface area contributed by atoms with E-state index in [1.807, 2.05) is 0 Å².